The standard InChI is InChI=1S/C24H26N6O2/c1-17-20-8-9-21(31)29(14-18-6-3-2-4-7-18)24(20)27-23(26-17)19-10-13-28(15-19)16-22(32)30-12-5-11-25-30/h2-7,11-12,19H,8-10,13-16H2,1H3/t19-/m0/s1. The summed E-state index contributed by atoms with van der Waals surface area (Å²) in [4.78, 5) is 38.9. The maximum atomic E-state index is 12.8. The second kappa shape index (κ2) is 8.63. The fourth-order valence-corrected chi connectivity index (χ4v) is 4.58. The van der Waals surface area contributed by atoms with Crippen LogP contribution in [-0.4, -0.2) is 56.1 Å². The van der Waals surface area contributed by atoms with Crippen molar-refractivity contribution < 1.29 is 9.59 Å². The first-order chi connectivity index (χ1) is 15.6. The summed E-state index contributed by atoms with van der Waals surface area (Å²) in [6.07, 6.45) is 5.33. The van der Waals surface area contributed by atoms with Crippen molar-refractivity contribution in [2.24, 2.45) is 0 Å². The molecule has 2 aromatic heterocycles. The second-order valence-corrected chi connectivity index (χ2v) is 8.50. The predicted octanol–water partition coefficient (Wildman–Crippen LogP) is 2.59. The Morgan fingerprint density at radius 3 is 2.75 bits per heavy atom. The Bertz CT molecular complexity index is 1130. The van der Waals surface area contributed by atoms with Gasteiger partial charge < -0.3 is 0 Å². The second-order valence-electron chi connectivity index (χ2n) is 8.50. The van der Waals surface area contributed by atoms with Crippen LogP contribution in [0.4, 0.5) is 5.82 Å². The van der Waals surface area contributed by atoms with Crippen LogP contribution in [0.5, 0.6) is 0 Å². The Morgan fingerprint density at radius 1 is 1.12 bits per heavy atom. The Labute approximate surface area is 186 Å². The molecule has 8 nitrogen and oxygen atoms in total. The van der Waals surface area contributed by atoms with Crippen molar-refractivity contribution in [3.8, 4) is 0 Å². The fraction of sp³-hybridized carbons (Fsp3) is 0.375. The van der Waals surface area contributed by atoms with Gasteiger partial charge in [-0.05, 0) is 37.9 Å². The van der Waals surface area contributed by atoms with Gasteiger partial charge in [-0.2, -0.15) is 5.10 Å². The third kappa shape index (κ3) is 4.05. The molecule has 1 amide bonds. The molecule has 5 rings (SSSR count). The molecule has 8 heteroatoms. The summed E-state index contributed by atoms with van der Waals surface area (Å²) in [6.45, 7) is 4.37. The SMILES string of the molecule is Cc1nc([C@H]2CCN(CC(=O)n3cccn3)C2)nc2c1CCC(=O)N2Cc1ccccc1. The van der Waals surface area contributed by atoms with E-state index in [4.69, 9.17) is 9.97 Å². The van der Waals surface area contributed by atoms with Crippen molar-refractivity contribution in [1.82, 2.24) is 24.6 Å². The lowest BCUT2D eigenvalue weighted by molar-refractivity contribution is -0.119. The van der Waals surface area contributed by atoms with Gasteiger partial charge in [-0.3, -0.25) is 19.4 Å². The quantitative estimate of drug-likeness (QED) is 0.619. The fourth-order valence-electron chi connectivity index (χ4n) is 4.58. The van der Waals surface area contributed by atoms with E-state index in [0.717, 1.165) is 48.0 Å². The first kappa shape index (κ1) is 20.5. The minimum absolute atomic E-state index is 0.0437. The zero-order valence-corrected chi connectivity index (χ0v) is 18.1. The highest BCUT2D eigenvalue weighted by Gasteiger charge is 2.32. The average molecular weight is 431 g/mol. The topological polar surface area (TPSA) is 84.2 Å². The Morgan fingerprint density at radius 2 is 1.97 bits per heavy atom. The number of nitrogens with zero attached hydrogens (tertiary/aromatic N) is 6. The molecule has 4 heterocycles. The summed E-state index contributed by atoms with van der Waals surface area (Å²) < 4.78 is 1.37. The number of carbonyl (C=O) groups excluding carboxylic acids is 2. The maximum Gasteiger partial charge on any atom is 0.260 e. The molecular weight excluding hydrogens is 404 g/mol. The minimum atomic E-state index is -0.0437. The smallest absolute Gasteiger partial charge is 0.260 e. The van der Waals surface area contributed by atoms with E-state index in [-0.39, 0.29) is 17.7 Å². The molecule has 3 aromatic rings. The molecule has 1 saturated heterocycles. The normalized spacial score (nSPS) is 18.7. The van der Waals surface area contributed by atoms with Crippen molar-refractivity contribution in [2.75, 3.05) is 24.5 Å². The highest BCUT2D eigenvalue weighted by atomic mass is 16.2. The molecule has 0 N–H and O–H groups in total. The van der Waals surface area contributed by atoms with Crippen LogP contribution in [-0.2, 0) is 17.8 Å². The summed E-state index contributed by atoms with van der Waals surface area (Å²) in [7, 11) is 0. The van der Waals surface area contributed by atoms with Crippen LogP contribution in [0.3, 0.4) is 0 Å². The van der Waals surface area contributed by atoms with Crippen LogP contribution < -0.4 is 4.90 Å². The van der Waals surface area contributed by atoms with Gasteiger partial charge in [0.2, 0.25) is 5.91 Å². The lowest BCUT2D eigenvalue weighted by Gasteiger charge is -2.30. The van der Waals surface area contributed by atoms with Gasteiger partial charge in [0.15, 0.2) is 0 Å². The zero-order valence-electron chi connectivity index (χ0n) is 18.1. The monoisotopic (exact) mass is 430 g/mol. The molecule has 0 bridgehead atoms. The van der Waals surface area contributed by atoms with Gasteiger partial charge in [0.05, 0.1) is 13.1 Å². The van der Waals surface area contributed by atoms with E-state index in [2.05, 4.69) is 10.00 Å². The van der Waals surface area contributed by atoms with Crippen LogP contribution in [0.25, 0.3) is 0 Å². The number of hydrogen-bond donors (Lipinski definition) is 0. The summed E-state index contributed by atoms with van der Waals surface area (Å²) in [5, 5.41) is 4.02. The number of amides is 1. The van der Waals surface area contributed by atoms with E-state index >= 15 is 0 Å². The summed E-state index contributed by atoms with van der Waals surface area (Å²) >= 11 is 0. The van der Waals surface area contributed by atoms with E-state index in [9.17, 15) is 9.59 Å². The van der Waals surface area contributed by atoms with Crippen LogP contribution in [0, 0.1) is 6.92 Å². The molecular formula is C24H26N6O2. The van der Waals surface area contributed by atoms with Crippen molar-refractivity contribution in [3.05, 3.63) is 71.4 Å². The number of hydrogen-bond acceptors (Lipinski definition) is 6. The number of anilines is 1. The molecule has 2 aliphatic rings. The van der Waals surface area contributed by atoms with Gasteiger partial charge in [-0.25, -0.2) is 14.6 Å². The molecule has 2 aliphatic heterocycles. The number of fused-ring (bicyclic) bond motifs is 1. The lowest BCUT2D eigenvalue weighted by atomic mass is 10.0. The number of likely N-dealkylation sites (tertiary alicyclic amines) is 1. The summed E-state index contributed by atoms with van der Waals surface area (Å²) in [6, 6.07) is 11.8. The Balaban J connectivity index is 1.36. The highest BCUT2D eigenvalue weighted by Crippen LogP contribution is 2.33. The maximum absolute atomic E-state index is 12.8. The molecule has 0 unspecified atom stereocenters. The molecule has 0 saturated carbocycles. The van der Waals surface area contributed by atoms with Gasteiger partial charge in [0.1, 0.15) is 11.6 Å². The summed E-state index contributed by atoms with van der Waals surface area (Å²) in [5.41, 5.74) is 3.09. The largest absolute Gasteiger partial charge is 0.294 e. The van der Waals surface area contributed by atoms with Gasteiger partial charge in [0, 0.05) is 42.5 Å². The molecule has 0 spiro atoms. The number of aryl methyl sites for hydroxylation is 1. The third-order valence-electron chi connectivity index (χ3n) is 6.29. The van der Waals surface area contributed by atoms with E-state index in [1.807, 2.05) is 37.3 Å². The first-order valence-electron chi connectivity index (χ1n) is 11.1. The number of benzene rings is 1. The van der Waals surface area contributed by atoms with Gasteiger partial charge in [0.25, 0.3) is 5.91 Å². The van der Waals surface area contributed by atoms with E-state index in [0.29, 0.717) is 25.9 Å². The van der Waals surface area contributed by atoms with E-state index in [1.54, 1.807) is 23.4 Å². The lowest BCUT2D eigenvalue weighted by Crippen LogP contribution is -2.36. The van der Waals surface area contributed by atoms with Crippen LogP contribution >= 0.6 is 0 Å². The van der Waals surface area contributed by atoms with Crippen molar-refractivity contribution >= 4 is 17.6 Å². The number of aromatic nitrogens is 4. The Kier molecular flexibility index (Phi) is 5.53. The van der Waals surface area contributed by atoms with E-state index in [1.165, 1.54) is 4.68 Å². The summed E-state index contributed by atoms with van der Waals surface area (Å²) in [5.74, 6) is 1.71. The van der Waals surface area contributed by atoms with Crippen LogP contribution in [0.1, 0.15) is 46.2 Å². The van der Waals surface area contributed by atoms with Gasteiger partial charge in [-0.1, -0.05) is 30.3 Å². The van der Waals surface area contributed by atoms with Crippen LogP contribution in [0.15, 0.2) is 48.8 Å². The molecule has 1 atom stereocenters. The molecule has 0 radical (unpaired) electrons. The highest BCUT2D eigenvalue weighted by molar-refractivity contribution is 5.95. The van der Waals surface area contributed by atoms with Crippen LogP contribution in [0.2, 0.25) is 0 Å². The minimum Gasteiger partial charge on any atom is -0.294 e. The predicted molar refractivity (Wildman–Crippen MR) is 119 cm³/mol. The number of rotatable bonds is 5. The van der Waals surface area contributed by atoms with Gasteiger partial charge >= 0.3 is 0 Å². The number of carbonyl (C=O) groups is 2. The molecule has 32 heavy (non-hydrogen) atoms. The Hall–Kier alpha value is -3.39. The molecule has 0 aliphatic carbocycles. The van der Waals surface area contributed by atoms with Crippen molar-refractivity contribution in [1.29, 1.82) is 0 Å². The molecule has 1 aromatic carbocycles. The van der Waals surface area contributed by atoms with Crippen molar-refractivity contribution in [2.45, 2.75) is 38.6 Å². The van der Waals surface area contributed by atoms with Gasteiger partial charge in [-0.15, -0.1) is 0 Å². The third-order valence-corrected chi connectivity index (χ3v) is 6.29. The average Bonchev–Trinajstić information content (AvgIpc) is 3.49. The van der Waals surface area contributed by atoms with E-state index < -0.39 is 0 Å². The molecule has 1 fully saturated rings. The first-order valence-corrected chi connectivity index (χ1v) is 11.1. The van der Waals surface area contributed by atoms with Crippen molar-refractivity contribution in [3.63, 3.8) is 0 Å². The zero-order chi connectivity index (χ0) is 22.1. The molecule has 164 valence electrons.